The molecule has 1 fully saturated rings. The smallest absolute Gasteiger partial charge is 0.271 e. The monoisotopic (exact) mass is 344 g/mol. The fraction of sp³-hybridized carbons (Fsp3) is 0.450. The Kier molecular flexibility index (Phi) is 5.30. The number of hydrogen-bond acceptors (Lipinski definition) is 2. The largest absolute Gasteiger partial charge is 0.370 e. The zero-order chi connectivity index (χ0) is 17.1. The van der Waals surface area contributed by atoms with Crippen LogP contribution in [0.1, 0.15) is 38.2 Å². The molecule has 0 saturated carbocycles. The van der Waals surface area contributed by atoms with Gasteiger partial charge in [-0.3, -0.25) is 4.79 Å². The van der Waals surface area contributed by atoms with E-state index < -0.39 is 0 Å². The van der Waals surface area contributed by atoms with Crippen LogP contribution in [0.5, 0.6) is 0 Å². The molecule has 24 heavy (non-hydrogen) atoms. The summed E-state index contributed by atoms with van der Waals surface area (Å²) in [7, 11) is 0. The molecule has 1 saturated heterocycles. The fourth-order valence-electron chi connectivity index (χ4n) is 3.50. The lowest BCUT2D eigenvalue weighted by molar-refractivity contribution is 0.500. The van der Waals surface area contributed by atoms with Gasteiger partial charge in [0.1, 0.15) is 5.02 Å². The summed E-state index contributed by atoms with van der Waals surface area (Å²) in [4.78, 5) is 14.7. The molecule has 3 rings (SSSR count). The second-order valence-electron chi connectivity index (χ2n) is 7.04. The number of benzene rings is 1. The van der Waals surface area contributed by atoms with Crippen LogP contribution in [-0.2, 0) is 6.54 Å². The van der Waals surface area contributed by atoms with Crippen molar-refractivity contribution in [1.82, 2.24) is 4.57 Å². The summed E-state index contributed by atoms with van der Waals surface area (Å²) in [6, 6.07) is 12.7. The highest BCUT2D eigenvalue weighted by Gasteiger charge is 2.23. The van der Waals surface area contributed by atoms with Crippen LogP contribution >= 0.6 is 11.6 Å². The van der Waals surface area contributed by atoms with Crippen molar-refractivity contribution in [2.45, 2.75) is 39.2 Å². The first-order chi connectivity index (χ1) is 11.6. The number of piperidine rings is 1. The van der Waals surface area contributed by atoms with Crippen LogP contribution in [0.2, 0.25) is 5.02 Å². The number of halogens is 1. The molecule has 4 heteroatoms. The van der Waals surface area contributed by atoms with Gasteiger partial charge in [0.05, 0.1) is 5.69 Å². The lowest BCUT2D eigenvalue weighted by Crippen LogP contribution is -2.34. The van der Waals surface area contributed by atoms with Crippen LogP contribution < -0.4 is 10.5 Å². The van der Waals surface area contributed by atoms with Gasteiger partial charge in [-0.2, -0.15) is 0 Å². The highest BCUT2D eigenvalue weighted by molar-refractivity contribution is 6.33. The number of hydrogen-bond donors (Lipinski definition) is 0. The molecule has 0 unspecified atom stereocenters. The first-order valence-corrected chi connectivity index (χ1v) is 9.13. The van der Waals surface area contributed by atoms with Crippen LogP contribution in [-0.4, -0.2) is 17.7 Å². The predicted octanol–water partition coefficient (Wildman–Crippen LogP) is 4.54. The number of pyridine rings is 1. The topological polar surface area (TPSA) is 25.2 Å². The third kappa shape index (κ3) is 3.67. The van der Waals surface area contributed by atoms with Gasteiger partial charge in [0.2, 0.25) is 0 Å². The summed E-state index contributed by atoms with van der Waals surface area (Å²) in [5.41, 5.74) is 2.22. The lowest BCUT2D eigenvalue weighted by Gasteiger charge is -2.34. The molecule has 1 aliphatic rings. The second-order valence-corrected chi connectivity index (χ2v) is 7.42. The van der Waals surface area contributed by atoms with E-state index in [9.17, 15) is 4.79 Å². The Balaban J connectivity index is 1.73. The van der Waals surface area contributed by atoms with E-state index in [1.54, 1.807) is 4.57 Å². The zero-order valence-corrected chi connectivity index (χ0v) is 15.2. The van der Waals surface area contributed by atoms with Crippen molar-refractivity contribution in [3.8, 4) is 0 Å². The molecule has 0 amide bonds. The molecule has 0 N–H and O–H groups in total. The SMILES string of the molecule is CC(C)Cn1ccc(N2CCC(c3ccccc3)CC2)c(Cl)c1=O. The molecule has 0 atom stereocenters. The summed E-state index contributed by atoms with van der Waals surface area (Å²) >= 11 is 6.39. The molecule has 0 radical (unpaired) electrons. The Labute approximate surface area is 148 Å². The number of nitrogens with zero attached hydrogens (tertiary/aromatic N) is 2. The van der Waals surface area contributed by atoms with Gasteiger partial charge in [-0.15, -0.1) is 0 Å². The average Bonchev–Trinajstić information content (AvgIpc) is 2.60. The van der Waals surface area contributed by atoms with Crippen molar-refractivity contribution in [3.05, 3.63) is 63.5 Å². The standard InChI is InChI=1S/C20H25ClN2O/c1-15(2)14-23-13-10-18(19(21)20(23)24)22-11-8-17(9-12-22)16-6-4-3-5-7-16/h3-7,10,13,15,17H,8-9,11-12,14H2,1-2H3. The van der Waals surface area contributed by atoms with Gasteiger partial charge in [0.15, 0.2) is 0 Å². The van der Waals surface area contributed by atoms with E-state index in [4.69, 9.17) is 11.6 Å². The maximum atomic E-state index is 12.5. The summed E-state index contributed by atoms with van der Waals surface area (Å²) in [5, 5.41) is 0.358. The Bertz CT molecular complexity index is 731. The van der Waals surface area contributed by atoms with Crippen molar-refractivity contribution in [2.75, 3.05) is 18.0 Å². The molecule has 2 heterocycles. The van der Waals surface area contributed by atoms with Gasteiger partial charge in [-0.25, -0.2) is 0 Å². The number of rotatable bonds is 4. The summed E-state index contributed by atoms with van der Waals surface area (Å²) in [5.74, 6) is 1.02. The van der Waals surface area contributed by atoms with E-state index in [0.29, 0.717) is 23.4 Å². The Morgan fingerprint density at radius 1 is 1.12 bits per heavy atom. The number of aromatic nitrogens is 1. The van der Waals surface area contributed by atoms with E-state index in [1.165, 1.54) is 5.56 Å². The fourth-order valence-corrected chi connectivity index (χ4v) is 3.79. The molecule has 2 aromatic rings. The van der Waals surface area contributed by atoms with Crippen LogP contribution in [0, 0.1) is 5.92 Å². The van der Waals surface area contributed by atoms with Gasteiger partial charge in [-0.05, 0) is 36.3 Å². The van der Waals surface area contributed by atoms with Crippen LogP contribution in [0.25, 0.3) is 0 Å². The molecule has 0 bridgehead atoms. The normalized spacial score (nSPS) is 15.9. The van der Waals surface area contributed by atoms with Crippen molar-refractivity contribution in [3.63, 3.8) is 0 Å². The van der Waals surface area contributed by atoms with E-state index >= 15 is 0 Å². The minimum Gasteiger partial charge on any atom is -0.370 e. The van der Waals surface area contributed by atoms with E-state index in [-0.39, 0.29) is 5.56 Å². The Hall–Kier alpha value is -1.74. The van der Waals surface area contributed by atoms with Gasteiger partial charge < -0.3 is 9.47 Å². The first kappa shape index (κ1) is 17.1. The maximum Gasteiger partial charge on any atom is 0.271 e. The van der Waals surface area contributed by atoms with Crippen LogP contribution in [0.15, 0.2) is 47.4 Å². The first-order valence-electron chi connectivity index (χ1n) is 8.75. The molecule has 128 valence electrons. The highest BCUT2D eigenvalue weighted by atomic mass is 35.5. The molecular weight excluding hydrogens is 320 g/mol. The molecule has 0 spiro atoms. The zero-order valence-electron chi connectivity index (χ0n) is 14.4. The van der Waals surface area contributed by atoms with E-state index in [2.05, 4.69) is 49.1 Å². The molecule has 1 aromatic carbocycles. The third-order valence-corrected chi connectivity index (χ3v) is 5.11. The highest BCUT2D eigenvalue weighted by Crippen LogP contribution is 2.32. The van der Waals surface area contributed by atoms with Gasteiger partial charge in [0, 0.05) is 25.8 Å². The number of anilines is 1. The van der Waals surface area contributed by atoms with Crippen LogP contribution in [0.4, 0.5) is 5.69 Å². The summed E-state index contributed by atoms with van der Waals surface area (Å²) in [6.07, 6.45) is 4.07. The predicted molar refractivity (Wildman–Crippen MR) is 101 cm³/mol. The van der Waals surface area contributed by atoms with Crippen LogP contribution in [0.3, 0.4) is 0 Å². The van der Waals surface area contributed by atoms with Crippen molar-refractivity contribution >= 4 is 17.3 Å². The average molecular weight is 345 g/mol. The Morgan fingerprint density at radius 3 is 2.42 bits per heavy atom. The van der Waals surface area contributed by atoms with Crippen molar-refractivity contribution in [2.24, 2.45) is 5.92 Å². The molecule has 1 aliphatic heterocycles. The van der Waals surface area contributed by atoms with Gasteiger partial charge in [0.25, 0.3) is 5.56 Å². The minimum atomic E-state index is -0.0759. The molecule has 0 aliphatic carbocycles. The van der Waals surface area contributed by atoms with Gasteiger partial charge >= 0.3 is 0 Å². The quantitative estimate of drug-likeness (QED) is 0.813. The van der Waals surface area contributed by atoms with Crippen molar-refractivity contribution < 1.29 is 0 Å². The van der Waals surface area contributed by atoms with Crippen molar-refractivity contribution in [1.29, 1.82) is 0 Å². The maximum absolute atomic E-state index is 12.5. The molecule has 3 nitrogen and oxygen atoms in total. The third-order valence-electron chi connectivity index (χ3n) is 4.75. The summed E-state index contributed by atoms with van der Waals surface area (Å²) < 4.78 is 1.72. The molecule has 1 aromatic heterocycles. The second kappa shape index (κ2) is 7.43. The minimum absolute atomic E-state index is 0.0759. The van der Waals surface area contributed by atoms with Gasteiger partial charge in [-0.1, -0.05) is 55.8 Å². The van der Waals surface area contributed by atoms with E-state index in [1.807, 2.05) is 12.3 Å². The lowest BCUT2D eigenvalue weighted by atomic mass is 9.89. The summed E-state index contributed by atoms with van der Waals surface area (Å²) in [6.45, 7) is 6.78. The molecular formula is C20H25ClN2O. The Morgan fingerprint density at radius 2 is 1.79 bits per heavy atom. The van der Waals surface area contributed by atoms with E-state index in [0.717, 1.165) is 31.6 Å².